The Morgan fingerprint density at radius 1 is 0.581 bits per heavy atom. The second kappa shape index (κ2) is 8.61. The largest absolute Gasteiger partial charge is 0.456 e. The number of hydrogen-bond acceptors (Lipinski definition) is 3. The van der Waals surface area contributed by atoms with Gasteiger partial charge >= 0.3 is 0 Å². The smallest absolute Gasteiger partial charge is 0.159 e. The third-order valence-electron chi connectivity index (χ3n) is 8.73. The van der Waals surface area contributed by atoms with Gasteiger partial charge in [-0.25, -0.2) is 0 Å². The Morgan fingerprint density at radius 2 is 1.37 bits per heavy atom. The highest BCUT2D eigenvalue weighted by Crippen LogP contribution is 2.42. The van der Waals surface area contributed by atoms with Crippen LogP contribution in [0.2, 0.25) is 0 Å². The Labute approximate surface area is 246 Å². The highest BCUT2D eigenvalue weighted by atomic mass is 16.3. The standard InChI is InChI=1S/C39H24N2O2/c1-22-14-16-32-30(17-22)27-15-13-23(2)18-34(27)41(32)33-10-5-9-28-31-20-24(19-25(21-40)38(31)43-39(28)33)26-8-6-12-36-37(26)29-7-3-4-11-35(29)42-36/h3-20H,1-2H3. The normalized spacial score (nSPS) is 11.9. The molecule has 0 aliphatic rings. The van der Waals surface area contributed by atoms with Gasteiger partial charge in [0.25, 0.3) is 0 Å². The van der Waals surface area contributed by atoms with Crippen molar-refractivity contribution in [2.75, 3.05) is 0 Å². The fourth-order valence-corrected chi connectivity index (χ4v) is 6.82. The van der Waals surface area contributed by atoms with Gasteiger partial charge in [0.15, 0.2) is 11.2 Å². The molecule has 4 heteroatoms. The van der Waals surface area contributed by atoms with Gasteiger partial charge in [-0.3, -0.25) is 0 Å². The fraction of sp³-hybridized carbons (Fsp3) is 0.0513. The topological polar surface area (TPSA) is 55.0 Å². The van der Waals surface area contributed by atoms with E-state index in [4.69, 9.17) is 8.83 Å². The molecule has 0 N–H and O–H groups in total. The average Bonchev–Trinajstić information content (AvgIpc) is 3.69. The number of nitriles is 1. The number of hydrogen-bond donors (Lipinski definition) is 0. The predicted octanol–water partition coefficient (Wildman–Crippen LogP) is 10.7. The van der Waals surface area contributed by atoms with Crippen LogP contribution in [0.3, 0.4) is 0 Å². The SMILES string of the molecule is Cc1ccc2c(c1)c1ccc(C)cc1n2-c1cccc2c1oc1c(C#N)cc(-c3cccc4oc5ccccc5c34)cc12. The maximum absolute atomic E-state index is 10.3. The maximum atomic E-state index is 10.3. The Hall–Kier alpha value is -5.79. The van der Waals surface area contributed by atoms with Crippen molar-refractivity contribution in [3.05, 3.63) is 126 Å². The quantitative estimate of drug-likeness (QED) is 0.214. The number of benzene rings is 6. The van der Waals surface area contributed by atoms with Crippen molar-refractivity contribution in [3.63, 3.8) is 0 Å². The monoisotopic (exact) mass is 552 g/mol. The number of aryl methyl sites for hydroxylation is 2. The van der Waals surface area contributed by atoms with Crippen LogP contribution in [0.5, 0.6) is 0 Å². The molecular weight excluding hydrogens is 528 g/mol. The zero-order valence-corrected chi connectivity index (χ0v) is 23.6. The highest BCUT2D eigenvalue weighted by molar-refractivity contribution is 6.16. The minimum atomic E-state index is 0.508. The zero-order valence-electron chi connectivity index (χ0n) is 23.6. The molecule has 3 aromatic heterocycles. The lowest BCUT2D eigenvalue weighted by atomic mass is 9.96. The minimum Gasteiger partial charge on any atom is -0.456 e. The first-order valence-electron chi connectivity index (χ1n) is 14.4. The Morgan fingerprint density at radius 3 is 2.28 bits per heavy atom. The third kappa shape index (κ3) is 3.31. The van der Waals surface area contributed by atoms with E-state index < -0.39 is 0 Å². The summed E-state index contributed by atoms with van der Waals surface area (Å²) in [7, 11) is 0. The summed E-state index contributed by atoms with van der Waals surface area (Å²) in [5, 5.41) is 16.8. The number of fused-ring (bicyclic) bond motifs is 9. The second-order valence-corrected chi connectivity index (χ2v) is 11.4. The van der Waals surface area contributed by atoms with Crippen LogP contribution in [0.4, 0.5) is 0 Å². The predicted molar refractivity (Wildman–Crippen MR) is 175 cm³/mol. The van der Waals surface area contributed by atoms with Gasteiger partial charge in [0.2, 0.25) is 0 Å². The molecule has 0 saturated carbocycles. The van der Waals surface area contributed by atoms with E-state index in [9.17, 15) is 5.26 Å². The van der Waals surface area contributed by atoms with Gasteiger partial charge < -0.3 is 13.4 Å². The molecule has 4 nitrogen and oxygen atoms in total. The second-order valence-electron chi connectivity index (χ2n) is 11.4. The van der Waals surface area contributed by atoms with Crippen molar-refractivity contribution >= 4 is 65.7 Å². The Balaban J connectivity index is 1.36. The van der Waals surface area contributed by atoms with Crippen molar-refractivity contribution in [1.82, 2.24) is 4.57 Å². The summed E-state index contributed by atoms with van der Waals surface area (Å²) in [6.07, 6.45) is 0. The molecule has 0 aliphatic heterocycles. The van der Waals surface area contributed by atoms with Crippen molar-refractivity contribution < 1.29 is 8.83 Å². The molecule has 6 aromatic carbocycles. The van der Waals surface area contributed by atoms with E-state index in [1.807, 2.05) is 36.4 Å². The summed E-state index contributed by atoms with van der Waals surface area (Å²) in [4.78, 5) is 0. The maximum Gasteiger partial charge on any atom is 0.159 e. The molecule has 0 aliphatic carbocycles. The summed E-state index contributed by atoms with van der Waals surface area (Å²) in [5.74, 6) is 0. The van der Waals surface area contributed by atoms with Crippen LogP contribution in [0.25, 0.3) is 82.5 Å². The molecule has 9 aromatic rings. The van der Waals surface area contributed by atoms with Gasteiger partial charge in [0, 0.05) is 32.3 Å². The number of furan rings is 2. The lowest BCUT2D eigenvalue weighted by Crippen LogP contribution is -1.94. The van der Waals surface area contributed by atoms with Crippen LogP contribution < -0.4 is 0 Å². The summed E-state index contributed by atoms with van der Waals surface area (Å²) in [6, 6.07) is 40.2. The first-order chi connectivity index (χ1) is 21.1. The van der Waals surface area contributed by atoms with E-state index in [-0.39, 0.29) is 0 Å². The van der Waals surface area contributed by atoms with Crippen LogP contribution in [-0.2, 0) is 0 Å². The molecule has 202 valence electrons. The van der Waals surface area contributed by atoms with Gasteiger partial charge in [-0.2, -0.15) is 5.26 Å². The number of rotatable bonds is 2. The third-order valence-corrected chi connectivity index (χ3v) is 8.73. The summed E-state index contributed by atoms with van der Waals surface area (Å²) < 4.78 is 15.1. The first kappa shape index (κ1) is 23.9. The van der Waals surface area contributed by atoms with Gasteiger partial charge in [0.05, 0.1) is 22.3 Å². The Bertz CT molecular complexity index is 2660. The van der Waals surface area contributed by atoms with Crippen molar-refractivity contribution in [2.45, 2.75) is 13.8 Å². The summed E-state index contributed by atoms with van der Waals surface area (Å²) >= 11 is 0. The van der Waals surface area contributed by atoms with Gasteiger partial charge in [-0.05, 0) is 79.1 Å². The van der Waals surface area contributed by atoms with Crippen molar-refractivity contribution in [2.24, 2.45) is 0 Å². The highest BCUT2D eigenvalue weighted by Gasteiger charge is 2.21. The van der Waals surface area contributed by atoms with E-state index in [0.717, 1.165) is 66.1 Å². The molecule has 0 unspecified atom stereocenters. The molecule has 0 saturated heterocycles. The molecule has 43 heavy (non-hydrogen) atoms. The van der Waals surface area contributed by atoms with Crippen LogP contribution in [0.1, 0.15) is 16.7 Å². The molecule has 3 heterocycles. The fourth-order valence-electron chi connectivity index (χ4n) is 6.82. The number of aromatic nitrogens is 1. The molecule has 0 fully saturated rings. The van der Waals surface area contributed by atoms with E-state index in [0.29, 0.717) is 11.1 Å². The average molecular weight is 553 g/mol. The Kier molecular flexibility index (Phi) is 4.78. The summed E-state index contributed by atoms with van der Waals surface area (Å²) in [5.41, 5.74) is 11.2. The minimum absolute atomic E-state index is 0.508. The van der Waals surface area contributed by atoms with Crippen molar-refractivity contribution in [1.29, 1.82) is 5.26 Å². The summed E-state index contributed by atoms with van der Waals surface area (Å²) in [6.45, 7) is 4.25. The molecule has 0 atom stereocenters. The van der Waals surface area contributed by atoms with Gasteiger partial charge in [-0.1, -0.05) is 66.2 Å². The first-order valence-corrected chi connectivity index (χ1v) is 14.4. The zero-order chi connectivity index (χ0) is 28.8. The molecule has 9 rings (SSSR count). The van der Waals surface area contributed by atoms with E-state index in [1.54, 1.807) is 0 Å². The van der Waals surface area contributed by atoms with Crippen LogP contribution >= 0.6 is 0 Å². The lowest BCUT2D eigenvalue weighted by Gasteiger charge is -2.09. The molecular formula is C39H24N2O2. The molecule has 0 amide bonds. The molecule has 0 radical (unpaired) electrons. The van der Waals surface area contributed by atoms with Crippen LogP contribution in [0, 0.1) is 25.2 Å². The van der Waals surface area contributed by atoms with Gasteiger partial charge in [0.1, 0.15) is 17.2 Å². The number of nitrogens with zero attached hydrogens (tertiary/aromatic N) is 2. The van der Waals surface area contributed by atoms with Gasteiger partial charge in [-0.15, -0.1) is 0 Å². The molecule has 0 spiro atoms. The van der Waals surface area contributed by atoms with Crippen molar-refractivity contribution in [3.8, 4) is 22.9 Å². The number of para-hydroxylation sites is 2. The van der Waals surface area contributed by atoms with E-state index >= 15 is 0 Å². The van der Waals surface area contributed by atoms with Crippen LogP contribution in [-0.4, -0.2) is 4.57 Å². The van der Waals surface area contributed by atoms with E-state index in [1.165, 1.54) is 21.9 Å². The van der Waals surface area contributed by atoms with Crippen LogP contribution in [0.15, 0.2) is 118 Å². The molecule has 0 bridgehead atoms. The lowest BCUT2D eigenvalue weighted by molar-refractivity contribution is 0.665. The van der Waals surface area contributed by atoms with E-state index in [2.05, 4.69) is 97.3 Å².